The average Bonchev–Trinajstić information content (AvgIpc) is 3.24. The minimum absolute atomic E-state index is 0.0197. The molecule has 1 aromatic heterocycles. The maximum atomic E-state index is 14.8. The molecular weight excluding hydrogens is 516 g/mol. The molecule has 7 nitrogen and oxygen atoms in total. The van der Waals surface area contributed by atoms with Crippen molar-refractivity contribution in [2.24, 2.45) is 0 Å². The van der Waals surface area contributed by atoms with Crippen LogP contribution in [0.5, 0.6) is 0 Å². The smallest absolute Gasteiger partial charge is 0.340 e. The van der Waals surface area contributed by atoms with Gasteiger partial charge in [-0.25, -0.2) is 18.6 Å². The quantitative estimate of drug-likeness (QED) is 0.269. The highest BCUT2D eigenvalue weighted by Gasteiger charge is 2.38. The van der Waals surface area contributed by atoms with Crippen LogP contribution in [0, 0.1) is 11.6 Å². The molecule has 4 aromatic rings. The van der Waals surface area contributed by atoms with E-state index in [-0.39, 0.29) is 60.3 Å². The number of aromatic nitrogens is 1. The molecule has 2 amide bonds. The lowest BCUT2D eigenvalue weighted by Gasteiger charge is -2.25. The highest BCUT2D eigenvalue weighted by molar-refractivity contribution is 5.99. The van der Waals surface area contributed by atoms with Crippen molar-refractivity contribution in [3.63, 3.8) is 0 Å². The summed E-state index contributed by atoms with van der Waals surface area (Å²) in [5.41, 5.74) is 2.28. The third kappa shape index (κ3) is 6.04. The molecule has 1 N–H and O–H groups in total. The SMILES string of the molecule is O=C(CCC1c2c(F)cccc2C(=O)N1Cc1ccc(F)cc1)Nc1ccc(C(=O)OCc2ccccc2)cn1. The summed E-state index contributed by atoms with van der Waals surface area (Å²) in [5.74, 6) is -1.95. The lowest BCUT2D eigenvalue weighted by atomic mass is 9.99. The Labute approximate surface area is 229 Å². The van der Waals surface area contributed by atoms with Gasteiger partial charge in [0.1, 0.15) is 24.1 Å². The molecule has 0 saturated carbocycles. The number of halogens is 2. The summed E-state index contributed by atoms with van der Waals surface area (Å²) in [4.78, 5) is 43.8. The second-order valence-corrected chi connectivity index (χ2v) is 9.36. The molecule has 1 aliphatic heterocycles. The molecule has 9 heteroatoms. The summed E-state index contributed by atoms with van der Waals surface area (Å²) in [7, 11) is 0. The lowest BCUT2D eigenvalue weighted by Crippen LogP contribution is -2.28. The van der Waals surface area contributed by atoms with Gasteiger partial charge in [0.05, 0.1) is 11.6 Å². The van der Waals surface area contributed by atoms with E-state index >= 15 is 0 Å². The first-order valence-corrected chi connectivity index (χ1v) is 12.7. The Morgan fingerprint density at radius 2 is 1.68 bits per heavy atom. The van der Waals surface area contributed by atoms with Crippen molar-refractivity contribution in [1.82, 2.24) is 9.88 Å². The van der Waals surface area contributed by atoms with Crippen LogP contribution < -0.4 is 5.32 Å². The molecule has 1 aliphatic rings. The number of nitrogens with zero attached hydrogens (tertiary/aromatic N) is 2. The van der Waals surface area contributed by atoms with Gasteiger partial charge in [0, 0.05) is 30.3 Å². The predicted octanol–water partition coefficient (Wildman–Crippen LogP) is 5.83. The minimum Gasteiger partial charge on any atom is -0.457 e. The van der Waals surface area contributed by atoms with Crippen LogP contribution in [-0.2, 0) is 22.7 Å². The summed E-state index contributed by atoms with van der Waals surface area (Å²) < 4.78 is 33.5. The largest absolute Gasteiger partial charge is 0.457 e. The van der Waals surface area contributed by atoms with E-state index in [9.17, 15) is 23.2 Å². The van der Waals surface area contributed by atoms with Crippen LogP contribution in [-0.4, -0.2) is 27.7 Å². The Morgan fingerprint density at radius 3 is 2.40 bits per heavy atom. The van der Waals surface area contributed by atoms with E-state index in [4.69, 9.17) is 4.74 Å². The van der Waals surface area contributed by atoms with Crippen molar-refractivity contribution in [3.05, 3.63) is 131 Å². The van der Waals surface area contributed by atoms with Gasteiger partial charge in [-0.2, -0.15) is 0 Å². The number of carbonyl (C=O) groups excluding carboxylic acids is 3. The number of benzene rings is 3. The Balaban J connectivity index is 1.21. The van der Waals surface area contributed by atoms with E-state index in [1.54, 1.807) is 18.2 Å². The second kappa shape index (κ2) is 11.9. The van der Waals surface area contributed by atoms with E-state index < -0.39 is 23.6 Å². The van der Waals surface area contributed by atoms with Crippen molar-refractivity contribution >= 4 is 23.6 Å². The van der Waals surface area contributed by atoms with Gasteiger partial charge in [-0.1, -0.05) is 48.5 Å². The van der Waals surface area contributed by atoms with Crippen LogP contribution in [0.15, 0.2) is 91.1 Å². The first-order valence-electron chi connectivity index (χ1n) is 12.7. The maximum Gasteiger partial charge on any atom is 0.340 e. The number of amides is 2. The van der Waals surface area contributed by atoms with Crippen LogP contribution in [0.1, 0.15) is 56.3 Å². The molecule has 5 rings (SSSR count). The summed E-state index contributed by atoms with van der Waals surface area (Å²) >= 11 is 0. The Morgan fingerprint density at radius 1 is 0.900 bits per heavy atom. The normalized spacial score (nSPS) is 14.1. The number of anilines is 1. The van der Waals surface area contributed by atoms with Crippen molar-refractivity contribution in [2.45, 2.75) is 32.0 Å². The molecule has 0 bridgehead atoms. The van der Waals surface area contributed by atoms with E-state index in [1.165, 1.54) is 47.5 Å². The number of hydrogen-bond acceptors (Lipinski definition) is 5. The van der Waals surface area contributed by atoms with Gasteiger partial charge in [0.15, 0.2) is 0 Å². The summed E-state index contributed by atoms with van der Waals surface area (Å²) in [5, 5.41) is 2.67. The first kappa shape index (κ1) is 26.7. The number of nitrogens with one attached hydrogen (secondary N) is 1. The number of ether oxygens (including phenoxy) is 1. The molecule has 2 heterocycles. The van der Waals surface area contributed by atoms with E-state index in [1.807, 2.05) is 30.3 Å². The molecule has 0 aliphatic carbocycles. The number of carbonyl (C=O) groups is 3. The zero-order valence-corrected chi connectivity index (χ0v) is 21.3. The highest BCUT2D eigenvalue weighted by Crippen LogP contribution is 2.39. The van der Waals surface area contributed by atoms with Gasteiger partial charge < -0.3 is 15.0 Å². The Bertz CT molecular complexity index is 1530. The predicted molar refractivity (Wildman–Crippen MR) is 143 cm³/mol. The first-order chi connectivity index (χ1) is 19.4. The van der Waals surface area contributed by atoms with Crippen LogP contribution in [0.3, 0.4) is 0 Å². The van der Waals surface area contributed by atoms with E-state index in [0.717, 1.165) is 5.56 Å². The molecule has 40 heavy (non-hydrogen) atoms. The highest BCUT2D eigenvalue weighted by atomic mass is 19.1. The number of hydrogen-bond donors (Lipinski definition) is 1. The van der Waals surface area contributed by atoms with Crippen LogP contribution >= 0.6 is 0 Å². The number of fused-ring (bicyclic) bond motifs is 1. The third-order valence-electron chi connectivity index (χ3n) is 6.64. The zero-order valence-electron chi connectivity index (χ0n) is 21.3. The Hall–Kier alpha value is -4.92. The van der Waals surface area contributed by atoms with E-state index in [0.29, 0.717) is 5.56 Å². The van der Waals surface area contributed by atoms with Crippen LogP contribution in [0.2, 0.25) is 0 Å². The fourth-order valence-corrected chi connectivity index (χ4v) is 4.65. The molecule has 202 valence electrons. The lowest BCUT2D eigenvalue weighted by molar-refractivity contribution is -0.116. The molecule has 1 atom stereocenters. The number of esters is 1. The monoisotopic (exact) mass is 541 g/mol. The maximum absolute atomic E-state index is 14.8. The minimum atomic E-state index is -0.672. The van der Waals surface area contributed by atoms with Crippen LogP contribution in [0.25, 0.3) is 0 Å². The van der Waals surface area contributed by atoms with Crippen LogP contribution in [0.4, 0.5) is 14.6 Å². The molecule has 1 unspecified atom stereocenters. The van der Waals surface area contributed by atoms with Crippen molar-refractivity contribution in [1.29, 1.82) is 0 Å². The van der Waals surface area contributed by atoms with Crippen molar-refractivity contribution in [3.8, 4) is 0 Å². The van der Waals surface area contributed by atoms with Gasteiger partial charge in [-0.05, 0) is 53.9 Å². The fraction of sp³-hybridized carbons (Fsp3) is 0.161. The molecule has 3 aromatic carbocycles. The van der Waals surface area contributed by atoms with Gasteiger partial charge in [0.2, 0.25) is 5.91 Å². The number of pyridine rings is 1. The third-order valence-corrected chi connectivity index (χ3v) is 6.64. The summed E-state index contributed by atoms with van der Waals surface area (Å²) in [6.07, 6.45) is 1.46. The van der Waals surface area contributed by atoms with E-state index in [2.05, 4.69) is 10.3 Å². The molecule has 0 saturated heterocycles. The average molecular weight is 542 g/mol. The zero-order chi connectivity index (χ0) is 28.1. The standard InChI is InChI=1S/C31H25F2N3O4/c32-23-12-9-20(10-13-23)18-36-26(29-24(30(36)38)7-4-8-25(29)33)14-16-28(37)35-27-15-11-22(17-34-27)31(39)40-19-21-5-2-1-3-6-21/h1-13,15,17,26H,14,16,18-19H2,(H,34,35,37). The van der Waals surface area contributed by atoms with Gasteiger partial charge >= 0.3 is 5.97 Å². The van der Waals surface area contributed by atoms with Crippen molar-refractivity contribution in [2.75, 3.05) is 5.32 Å². The van der Waals surface area contributed by atoms with Gasteiger partial charge in [0.25, 0.3) is 5.91 Å². The summed E-state index contributed by atoms with van der Waals surface area (Å²) in [6, 6.07) is 21.7. The second-order valence-electron chi connectivity index (χ2n) is 9.36. The molecule has 0 radical (unpaired) electrons. The number of rotatable bonds is 9. The molecule has 0 fully saturated rings. The molecular formula is C31H25F2N3O4. The topological polar surface area (TPSA) is 88.6 Å². The van der Waals surface area contributed by atoms with Crippen molar-refractivity contribution < 1.29 is 27.9 Å². The van der Waals surface area contributed by atoms with Gasteiger partial charge in [-0.3, -0.25) is 9.59 Å². The van der Waals surface area contributed by atoms with Gasteiger partial charge in [-0.15, -0.1) is 0 Å². The Kier molecular flexibility index (Phi) is 7.91. The fourth-order valence-electron chi connectivity index (χ4n) is 4.65. The molecule has 0 spiro atoms. The summed E-state index contributed by atoms with van der Waals surface area (Å²) in [6.45, 7) is 0.270.